The Kier molecular flexibility index (Phi) is 5.00. The minimum Gasteiger partial charge on any atom is -0.497 e. The molecule has 1 aromatic carbocycles. The molecule has 1 fully saturated rings. The van der Waals surface area contributed by atoms with E-state index in [1.807, 2.05) is 0 Å². The number of likely N-dealkylation sites (tertiary alicyclic amines) is 1. The molecule has 0 radical (unpaired) electrons. The number of halogens is 1. The summed E-state index contributed by atoms with van der Waals surface area (Å²) in [7, 11) is 1.54. The van der Waals surface area contributed by atoms with Crippen molar-refractivity contribution in [1.29, 1.82) is 0 Å². The van der Waals surface area contributed by atoms with Gasteiger partial charge in [-0.25, -0.2) is 0 Å². The highest BCUT2D eigenvalue weighted by atomic mass is 79.9. The topological polar surface area (TPSA) is 58.6 Å². The summed E-state index contributed by atoms with van der Waals surface area (Å²) in [5.74, 6) is 0.280. The van der Waals surface area contributed by atoms with Crippen LogP contribution in [0.1, 0.15) is 23.2 Å². The van der Waals surface area contributed by atoms with E-state index in [9.17, 15) is 9.59 Å². The van der Waals surface area contributed by atoms with Crippen LogP contribution in [-0.4, -0.2) is 43.5 Å². The van der Waals surface area contributed by atoms with Gasteiger partial charge < -0.3 is 15.0 Å². The molecule has 20 heavy (non-hydrogen) atoms. The van der Waals surface area contributed by atoms with Crippen LogP contribution in [0.25, 0.3) is 0 Å². The van der Waals surface area contributed by atoms with Crippen molar-refractivity contribution >= 4 is 27.7 Å². The van der Waals surface area contributed by atoms with E-state index in [2.05, 4.69) is 21.2 Å². The summed E-state index contributed by atoms with van der Waals surface area (Å²) >= 11 is 3.32. The monoisotopic (exact) mass is 340 g/mol. The number of rotatable bonds is 4. The molecule has 1 aliphatic heterocycles. The van der Waals surface area contributed by atoms with Crippen molar-refractivity contribution in [3.8, 4) is 5.75 Å². The Bertz CT molecular complexity index is 513. The number of carbonyl (C=O) groups excluding carboxylic acids is 2. The fraction of sp³-hybridized carbons (Fsp3) is 0.429. The molecule has 5 nitrogen and oxygen atoms in total. The number of nitrogens with zero attached hydrogens (tertiary/aromatic N) is 1. The predicted octanol–water partition coefficient (Wildman–Crippen LogP) is 1.81. The molecule has 1 saturated heterocycles. The Morgan fingerprint density at radius 2 is 2.05 bits per heavy atom. The van der Waals surface area contributed by atoms with Crippen molar-refractivity contribution in [3.05, 3.63) is 28.2 Å². The largest absolute Gasteiger partial charge is 0.497 e. The van der Waals surface area contributed by atoms with Crippen molar-refractivity contribution in [2.45, 2.75) is 12.8 Å². The molecule has 108 valence electrons. The van der Waals surface area contributed by atoms with Gasteiger partial charge in [-0.05, 0) is 47.0 Å². The molecule has 1 heterocycles. The van der Waals surface area contributed by atoms with Crippen LogP contribution in [0.5, 0.6) is 5.75 Å². The second-order valence-corrected chi connectivity index (χ2v) is 5.47. The van der Waals surface area contributed by atoms with E-state index < -0.39 is 0 Å². The quantitative estimate of drug-likeness (QED) is 0.909. The molecule has 1 aromatic rings. The van der Waals surface area contributed by atoms with Gasteiger partial charge in [0.1, 0.15) is 5.75 Å². The predicted molar refractivity (Wildman–Crippen MR) is 78.8 cm³/mol. The lowest BCUT2D eigenvalue weighted by molar-refractivity contribution is -0.129. The molecular formula is C14H17BrN2O3. The van der Waals surface area contributed by atoms with Crippen LogP contribution in [0.4, 0.5) is 0 Å². The molecule has 2 amide bonds. The second-order valence-electron chi connectivity index (χ2n) is 4.62. The number of benzene rings is 1. The number of methoxy groups -OCH3 is 1. The van der Waals surface area contributed by atoms with Gasteiger partial charge in [-0.3, -0.25) is 9.59 Å². The summed E-state index contributed by atoms with van der Waals surface area (Å²) < 4.78 is 5.76. The minimum atomic E-state index is -0.289. The van der Waals surface area contributed by atoms with Gasteiger partial charge in [-0.2, -0.15) is 0 Å². The molecule has 0 bridgehead atoms. The zero-order chi connectivity index (χ0) is 14.5. The maximum absolute atomic E-state index is 12.1. The highest BCUT2D eigenvalue weighted by Gasteiger charge is 2.19. The molecular weight excluding hydrogens is 324 g/mol. The first kappa shape index (κ1) is 14.8. The van der Waals surface area contributed by atoms with Gasteiger partial charge in [0.05, 0.1) is 19.2 Å². The first-order valence-corrected chi connectivity index (χ1v) is 7.30. The molecule has 0 unspecified atom stereocenters. The van der Waals surface area contributed by atoms with Gasteiger partial charge in [-0.1, -0.05) is 0 Å². The molecule has 0 spiro atoms. The maximum Gasteiger partial charge on any atom is 0.252 e. The molecule has 0 aromatic heterocycles. The van der Waals surface area contributed by atoms with Gasteiger partial charge in [0.15, 0.2) is 0 Å². The molecule has 0 saturated carbocycles. The normalized spacial score (nSPS) is 14.2. The van der Waals surface area contributed by atoms with Gasteiger partial charge in [0.25, 0.3) is 5.91 Å². The molecule has 1 aliphatic rings. The minimum absolute atomic E-state index is 0.0302. The molecule has 0 aliphatic carbocycles. The van der Waals surface area contributed by atoms with Gasteiger partial charge in [0.2, 0.25) is 5.91 Å². The SMILES string of the molecule is COc1ccc(Br)c(C(=O)NCC(=O)N2CCCC2)c1. The van der Waals surface area contributed by atoms with Crippen LogP contribution < -0.4 is 10.1 Å². The third-order valence-electron chi connectivity index (χ3n) is 3.28. The average molecular weight is 341 g/mol. The maximum atomic E-state index is 12.1. The Hall–Kier alpha value is -1.56. The van der Waals surface area contributed by atoms with Crippen LogP contribution in [0.15, 0.2) is 22.7 Å². The lowest BCUT2D eigenvalue weighted by Crippen LogP contribution is -2.38. The van der Waals surface area contributed by atoms with E-state index in [1.54, 1.807) is 30.2 Å². The van der Waals surface area contributed by atoms with E-state index in [-0.39, 0.29) is 18.4 Å². The Labute approximate surface area is 126 Å². The Morgan fingerprint density at radius 3 is 2.70 bits per heavy atom. The molecule has 6 heteroatoms. The number of hydrogen-bond donors (Lipinski definition) is 1. The number of amides is 2. The molecule has 0 atom stereocenters. The number of carbonyl (C=O) groups is 2. The van der Waals surface area contributed by atoms with E-state index in [4.69, 9.17) is 4.74 Å². The highest BCUT2D eigenvalue weighted by molar-refractivity contribution is 9.10. The third-order valence-corrected chi connectivity index (χ3v) is 3.97. The van der Waals surface area contributed by atoms with E-state index >= 15 is 0 Å². The first-order chi connectivity index (χ1) is 9.61. The van der Waals surface area contributed by atoms with Gasteiger partial charge in [-0.15, -0.1) is 0 Å². The zero-order valence-electron chi connectivity index (χ0n) is 11.3. The first-order valence-electron chi connectivity index (χ1n) is 6.51. The second kappa shape index (κ2) is 6.74. The summed E-state index contributed by atoms with van der Waals surface area (Å²) in [6, 6.07) is 5.14. The van der Waals surface area contributed by atoms with E-state index in [0.29, 0.717) is 15.8 Å². The van der Waals surface area contributed by atoms with Crippen LogP contribution in [0.2, 0.25) is 0 Å². The summed E-state index contributed by atoms with van der Waals surface area (Å²) in [5, 5.41) is 2.65. The summed E-state index contributed by atoms with van der Waals surface area (Å²) in [4.78, 5) is 25.7. The standard InChI is InChI=1S/C14H17BrN2O3/c1-20-10-4-5-12(15)11(8-10)14(19)16-9-13(18)17-6-2-3-7-17/h4-5,8H,2-3,6-7,9H2,1H3,(H,16,19). The van der Waals surface area contributed by atoms with E-state index in [0.717, 1.165) is 25.9 Å². The fourth-order valence-electron chi connectivity index (χ4n) is 2.13. The highest BCUT2D eigenvalue weighted by Crippen LogP contribution is 2.22. The average Bonchev–Trinajstić information content (AvgIpc) is 2.99. The van der Waals surface area contributed by atoms with Crippen molar-refractivity contribution in [1.82, 2.24) is 10.2 Å². The van der Waals surface area contributed by atoms with Crippen LogP contribution in [0.3, 0.4) is 0 Å². The summed E-state index contributed by atoms with van der Waals surface area (Å²) in [6.45, 7) is 1.61. The lowest BCUT2D eigenvalue weighted by Gasteiger charge is -2.15. The zero-order valence-corrected chi connectivity index (χ0v) is 12.9. The van der Waals surface area contributed by atoms with Gasteiger partial charge in [0, 0.05) is 17.6 Å². The smallest absolute Gasteiger partial charge is 0.252 e. The number of hydrogen-bond acceptors (Lipinski definition) is 3. The fourth-order valence-corrected chi connectivity index (χ4v) is 2.56. The Morgan fingerprint density at radius 1 is 1.35 bits per heavy atom. The van der Waals surface area contributed by atoms with Crippen LogP contribution in [0, 0.1) is 0 Å². The lowest BCUT2D eigenvalue weighted by atomic mass is 10.2. The summed E-state index contributed by atoms with van der Waals surface area (Å²) in [5.41, 5.74) is 0.457. The summed E-state index contributed by atoms with van der Waals surface area (Å²) in [6.07, 6.45) is 2.09. The third kappa shape index (κ3) is 3.50. The van der Waals surface area contributed by atoms with Crippen molar-refractivity contribution < 1.29 is 14.3 Å². The Balaban J connectivity index is 1.96. The number of ether oxygens (including phenoxy) is 1. The van der Waals surface area contributed by atoms with Crippen molar-refractivity contribution in [3.63, 3.8) is 0 Å². The van der Waals surface area contributed by atoms with Crippen molar-refractivity contribution in [2.75, 3.05) is 26.7 Å². The van der Waals surface area contributed by atoms with Crippen LogP contribution in [-0.2, 0) is 4.79 Å². The molecule has 1 N–H and O–H groups in total. The van der Waals surface area contributed by atoms with Gasteiger partial charge >= 0.3 is 0 Å². The van der Waals surface area contributed by atoms with Crippen molar-refractivity contribution in [2.24, 2.45) is 0 Å². The number of nitrogens with one attached hydrogen (secondary N) is 1. The van der Waals surface area contributed by atoms with Crippen LogP contribution >= 0.6 is 15.9 Å². The molecule has 2 rings (SSSR count). The van der Waals surface area contributed by atoms with E-state index in [1.165, 1.54) is 0 Å².